The van der Waals surface area contributed by atoms with Gasteiger partial charge in [-0.3, -0.25) is 19.7 Å². The van der Waals surface area contributed by atoms with Gasteiger partial charge in [-0.05, 0) is 31.0 Å². The van der Waals surface area contributed by atoms with Crippen LogP contribution in [0.1, 0.15) is 21.5 Å². The number of carbonyl (C=O) groups is 2. The molecule has 0 radical (unpaired) electrons. The number of nitrogens with one attached hydrogen (secondary N) is 3. The van der Waals surface area contributed by atoms with Gasteiger partial charge in [-0.15, -0.1) is 0 Å². The van der Waals surface area contributed by atoms with Gasteiger partial charge in [-0.1, -0.05) is 18.2 Å². The Bertz CT molecular complexity index is 844. The van der Waals surface area contributed by atoms with Crippen LogP contribution in [0.2, 0.25) is 0 Å². The molecular formula is C18H20N4O4. The summed E-state index contributed by atoms with van der Waals surface area (Å²) in [5, 5.41) is 19.0. The van der Waals surface area contributed by atoms with Crippen LogP contribution in [0.25, 0.3) is 0 Å². The third kappa shape index (κ3) is 4.35. The maximum absolute atomic E-state index is 12.3. The molecule has 0 heterocycles. The second-order valence-electron chi connectivity index (χ2n) is 5.73. The Labute approximate surface area is 150 Å². The summed E-state index contributed by atoms with van der Waals surface area (Å²) < 4.78 is 0. The minimum absolute atomic E-state index is 0.0987. The molecule has 8 heteroatoms. The van der Waals surface area contributed by atoms with Crippen molar-refractivity contribution in [2.24, 2.45) is 0 Å². The van der Waals surface area contributed by atoms with Crippen LogP contribution in [0.4, 0.5) is 17.1 Å². The van der Waals surface area contributed by atoms with Crippen LogP contribution in [0.5, 0.6) is 0 Å². The van der Waals surface area contributed by atoms with Crippen LogP contribution in [0, 0.1) is 24.0 Å². The Morgan fingerprint density at radius 3 is 2.35 bits per heavy atom. The number of amides is 2. The summed E-state index contributed by atoms with van der Waals surface area (Å²) in [6, 6.07) is 9.57. The highest BCUT2D eigenvalue weighted by atomic mass is 16.6. The summed E-state index contributed by atoms with van der Waals surface area (Å²) in [5.41, 5.74) is 2.87. The van der Waals surface area contributed by atoms with E-state index >= 15 is 0 Å². The van der Waals surface area contributed by atoms with Gasteiger partial charge in [0.1, 0.15) is 0 Å². The lowest BCUT2D eigenvalue weighted by Crippen LogP contribution is -2.33. The number of carbonyl (C=O) groups excluding carboxylic acids is 2. The highest BCUT2D eigenvalue weighted by Gasteiger charge is 2.17. The molecular weight excluding hydrogens is 336 g/mol. The Kier molecular flexibility index (Phi) is 5.90. The average Bonchev–Trinajstić information content (AvgIpc) is 2.62. The van der Waals surface area contributed by atoms with E-state index in [1.54, 1.807) is 7.05 Å². The first kappa shape index (κ1) is 18.9. The van der Waals surface area contributed by atoms with Crippen molar-refractivity contribution in [2.75, 3.05) is 24.2 Å². The Balaban J connectivity index is 2.07. The van der Waals surface area contributed by atoms with Gasteiger partial charge in [-0.25, -0.2) is 0 Å². The number of nitro groups is 1. The summed E-state index contributed by atoms with van der Waals surface area (Å²) in [4.78, 5) is 34.8. The number of para-hydroxylation sites is 1. The molecule has 136 valence electrons. The molecule has 3 N–H and O–H groups in total. The molecule has 0 aliphatic rings. The lowest BCUT2D eigenvalue weighted by Gasteiger charge is -2.13. The Morgan fingerprint density at radius 1 is 1.12 bits per heavy atom. The van der Waals surface area contributed by atoms with E-state index in [9.17, 15) is 19.7 Å². The third-order valence-electron chi connectivity index (χ3n) is 3.88. The minimum Gasteiger partial charge on any atom is -0.387 e. The molecule has 0 bridgehead atoms. The van der Waals surface area contributed by atoms with Crippen LogP contribution < -0.4 is 16.0 Å². The summed E-state index contributed by atoms with van der Waals surface area (Å²) in [5.74, 6) is -0.957. The molecule has 2 aromatic rings. The van der Waals surface area contributed by atoms with Gasteiger partial charge in [-0.2, -0.15) is 0 Å². The maximum atomic E-state index is 12.3. The first-order chi connectivity index (χ1) is 12.3. The van der Waals surface area contributed by atoms with Crippen LogP contribution in [-0.2, 0) is 4.79 Å². The van der Waals surface area contributed by atoms with Gasteiger partial charge in [0.15, 0.2) is 0 Å². The van der Waals surface area contributed by atoms with Crippen molar-refractivity contribution in [2.45, 2.75) is 13.8 Å². The molecule has 26 heavy (non-hydrogen) atoms. The van der Waals surface area contributed by atoms with Crippen LogP contribution in [0.3, 0.4) is 0 Å². The Hall–Kier alpha value is -3.42. The van der Waals surface area contributed by atoms with Gasteiger partial charge in [0, 0.05) is 30.6 Å². The number of non-ortho nitro benzene ring substituents is 1. The number of nitrogens with zero attached hydrogens (tertiary/aromatic N) is 1. The van der Waals surface area contributed by atoms with Gasteiger partial charge >= 0.3 is 0 Å². The normalized spacial score (nSPS) is 10.1. The number of nitro benzene ring substituents is 1. The molecule has 0 spiro atoms. The van der Waals surface area contributed by atoms with E-state index in [1.165, 1.54) is 18.2 Å². The van der Waals surface area contributed by atoms with E-state index in [1.807, 2.05) is 32.0 Å². The molecule has 0 aromatic heterocycles. The minimum atomic E-state index is -0.579. The fourth-order valence-electron chi connectivity index (χ4n) is 2.50. The quantitative estimate of drug-likeness (QED) is 0.544. The molecule has 2 aromatic carbocycles. The van der Waals surface area contributed by atoms with E-state index in [4.69, 9.17) is 0 Å². The summed E-state index contributed by atoms with van der Waals surface area (Å²) in [7, 11) is 1.60. The molecule has 0 aliphatic carbocycles. The van der Waals surface area contributed by atoms with Crippen LogP contribution >= 0.6 is 0 Å². The summed E-state index contributed by atoms with van der Waals surface area (Å²) >= 11 is 0. The number of benzene rings is 2. The fraction of sp³-hybridized carbons (Fsp3) is 0.222. The smallest absolute Gasteiger partial charge is 0.270 e. The molecule has 2 amide bonds. The standard InChI is InChI=1S/C18H20N4O4/c1-11-5-4-6-12(2)17(11)21-16(23)10-20-18(24)14-9-13(22(25)26)7-8-15(14)19-3/h4-9,19H,10H2,1-3H3,(H,20,24)(H,21,23). The van der Waals surface area contributed by atoms with Crippen molar-refractivity contribution in [3.63, 3.8) is 0 Å². The molecule has 0 aliphatic heterocycles. The lowest BCUT2D eigenvalue weighted by molar-refractivity contribution is -0.384. The summed E-state index contributed by atoms with van der Waals surface area (Å²) in [6.07, 6.45) is 0. The zero-order valence-electron chi connectivity index (χ0n) is 14.8. The molecule has 0 saturated heterocycles. The highest BCUT2D eigenvalue weighted by molar-refractivity contribution is 6.03. The Morgan fingerprint density at radius 2 is 1.77 bits per heavy atom. The number of rotatable bonds is 6. The van der Waals surface area contributed by atoms with Gasteiger partial charge in [0.05, 0.1) is 17.0 Å². The van der Waals surface area contributed by atoms with E-state index in [-0.39, 0.29) is 23.7 Å². The van der Waals surface area contributed by atoms with Crippen molar-refractivity contribution >= 4 is 28.9 Å². The van der Waals surface area contributed by atoms with Crippen molar-refractivity contribution in [3.8, 4) is 0 Å². The first-order valence-corrected chi connectivity index (χ1v) is 7.94. The predicted octanol–water partition coefficient (Wildman–Crippen LogP) is 2.62. The second-order valence-corrected chi connectivity index (χ2v) is 5.73. The first-order valence-electron chi connectivity index (χ1n) is 7.94. The maximum Gasteiger partial charge on any atom is 0.270 e. The van der Waals surface area contributed by atoms with E-state index in [0.29, 0.717) is 11.4 Å². The molecule has 2 rings (SSSR count). The zero-order chi connectivity index (χ0) is 19.3. The lowest BCUT2D eigenvalue weighted by atomic mass is 10.1. The van der Waals surface area contributed by atoms with E-state index in [0.717, 1.165) is 11.1 Å². The third-order valence-corrected chi connectivity index (χ3v) is 3.88. The number of aryl methyl sites for hydroxylation is 2. The van der Waals surface area contributed by atoms with Crippen molar-refractivity contribution in [1.29, 1.82) is 0 Å². The highest BCUT2D eigenvalue weighted by Crippen LogP contribution is 2.22. The topological polar surface area (TPSA) is 113 Å². The predicted molar refractivity (Wildman–Crippen MR) is 99.5 cm³/mol. The second kappa shape index (κ2) is 8.11. The summed E-state index contributed by atoms with van der Waals surface area (Å²) in [6.45, 7) is 3.51. The van der Waals surface area contributed by atoms with Crippen LogP contribution in [-0.4, -0.2) is 30.3 Å². The number of anilines is 2. The molecule has 0 fully saturated rings. The van der Waals surface area contributed by atoms with Crippen molar-refractivity contribution < 1.29 is 14.5 Å². The fourth-order valence-corrected chi connectivity index (χ4v) is 2.50. The zero-order valence-corrected chi connectivity index (χ0v) is 14.8. The van der Waals surface area contributed by atoms with Gasteiger partial charge in [0.25, 0.3) is 11.6 Å². The molecule has 0 atom stereocenters. The van der Waals surface area contributed by atoms with Crippen molar-refractivity contribution in [1.82, 2.24) is 5.32 Å². The van der Waals surface area contributed by atoms with Gasteiger partial charge < -0.3 is 16.0 Å². The van der Waals surface area contributed by atoms with Gasteiger partial charge in [0.2, 0.25) is 5.91 Å². The van der Waals surface area contributed by atoms with Crippen LogP contribution in [0.15, 0.2) is 36.4 Å². The monoisotopic (exact) mass is 356 g/mol. The molecule has 0 saturated carbocycles. The largest absolute Gasteiger partial charge is 0.387 e. The molecule has 0 unspecified atom stereocenters. The number of hydrogen-bond donors (Lipinski definition) is 3. The van der Waals surface area contributed by atoms with Crippen molar-refractivity contribution in [3.05, 3.63) is 63.2 Å². The SMILES string of the molecule is CNc1ccc([N+](=O)[O-])cc1C(=O)NCC(=O)Nc1c(C)cccc1C. The van der Waals surface area contributed by atoms with E-state index < -0.39 is 10.8 Å². The average molecular weight is 356 g/mol. The number of hydrogen-bond acceptors (Lipinski definition) is 5. The van der Waals surface area contributed by atoms with E-state index in [2.05, 4.69) is 16.0 Å². The molecule has 8 nitrogen and oxygen atoms in total.